The molecule has 3 heteroatoms. The Kier molecular flexibility index (Phi) is 2.23. The molecule has 0 bridgehead atoms. The molecular formula is C7H11N2O+. The molecule has 10 heavy (non-hydrogen) atoms. The Morgan fingerprint density at radius 2 is 2.30 bits per heavy atom. The SMILES string of the molecule is NCCc1cccc[n+]1O. The number of nitrogens with two attached hydrogens (primary N) is 1. The molecule has 1 heterocycles. The summed E-state index contributed by atoms with van der Waals surface area (Å²) < 4.78 is 1.09. The molecule has 0 amide bonds. The summed E-state index contributed by atoms with van der Waals surface area (Å²) in [5, 5.41) is 9.10. The summed E-state index contributed by atoms with van der Waals surface area (Å²) >= 11 is 0. The van der Waals surface area contributed by atoms with E-state index in [1.165, 1.54) is 0 Å². The molecule has 3 nitrogen and oxygen atoms in total. The van der Waals surface area contributed by atoms with Crippen molar-refractivity contribution in [2.45, 2.75) is 6.42 Å². The van der Waals surface area contributed by atoms with Gasteiger partial charge in [0, 0.05) is 29.8 Å². The van der Waals surface area contributed by atoms with Gasteiger partial charge in [0.1, 0.15) is 0 Å². The molecule has 0 fully saturated rings. The van der Waals surface area contributed by atoms with Crippen LogP contribution in [0.25, 0.3) is 0 Å². The maximum atomic E-state index is 9.10. The van der Waals surface area contributed by atoms with E-state index in [2.05, 4.69) is 0 Å². The summed E-state index contributed by atoms with van der Waals surface area (Å²) in [6.07, 6.45) is 2.29. The van der Waals surface area contributed by atoms with E-state index >= 15 is 0 Å². The van der Waals surface area contributed by atoms with E-state index in [9.17, 15) is 0 Å². The van der Waals surface area contributed by atoms with Crippen LogP contribution in [0.1, 0.15) is 5.69 Å². The van der Waals surface area contributed by atoms with Crippen LogP contribution in [0.2, 0.25) is 0 Å². The summed E-state index contributed by atoms with van der Waals surface area (Å²) in [5.41, 5.74) is 6.14. The quantitative estimate of drug-likeness (QED) is 0.437. The van der Waals surface area contributed by atoms with Gasteiger partial charge < -0.3 is 5.73 Å². The highest BCUT2D eigenvalue weighted by Gasteiger charge is 2.04. The van der Waals surface area contributed by atoms with Gasteiger partial charge in [-0.1, -0.05) is 0 Å². The van der Waals surface area contributed by atoms with Crippen LogP contribution in [0.15, 0.2) is 24.4 Å². The lowest BCUT2D eigenvalue weighted by Crippen LogP contribution is -2.35. The zero-order valence-corrected chi connectivity index (χ0v) is 5.70. The van der Waals surface area contributed by atoms with Crippen molar-refractivity contribution in [1.82, 2.24) is 0 Å². The number of hydrogen-bond donors (Lipinski definition) is 2. The van der Waals surface area contributed by atoms with E-state index in [1.807, 2.05) is 12.1 Å². The van der Waals surface area contributed by atoms with Crippen LogP contribution >= 0.6 is 0 Å². The van der Waals surface area contributed by atoms with Crippen LogP contribution in [0.5, 0.6) is 0 Å². The van der Waals surface area contributed by atoms with E-state index in [0.717, 1.165) is 10.4 Å². The molecule has 0 aromatic carbocycles. The normalized spacial score (nSPS) is 9.70. The van der Waals surface area contributed by atoms with Crippen LogP contribution in [0.3, 0.4) is 0 Å². The molecule has 0 unspecified atom stereocenters. The van der Waals surface area contributed by atoms with Crippen LogP contribution in [-0.4, -0.2) is 11.8 Å². The molecular weight excluding hydrogens is 128 g/mol. The van der Waals surface area contributed by atoms with Crippen molar-refractivity contribution in [2.24, 2.45) is 5.73 Å². The molecule has 0 radical (unpaired) electrons. The molecule has 1 rings (SSSR count). The fourth-order valence-electron chi connectivity index (χ4n) is 0.816. The second-order valence-electron chi connectivity index (χ2n) is 2.08. The fraction of sp³-hybridized carbons (Fsp3) is 0.286. The van der Waals surface area contributed by atoms with Gasteiger partial charge >= 0.3 is 0 Å². The fourth-order valence-corrected chi connectivity index (χ4v) is 0.816. The molecule has 0 saturated heterocycles. The maximum absolute atomic E-state index is 9.10. The number of pyridine rings is 1. The number of nitrogens with zero attached hydrogens (tertiary/aromatic N) is 1. The second-order valence-corrected chi connectivity index (χ2v) is 2.08. The lowest BCUT2D eigenvalue weighted by Gasteiger charge is -1.91. The first-order chi connectivity index (χ1) is 4.84. The molecule has 1 aromatic heterocycles. The molecule has 3 N–H and O–H groups in total. The van der Waals surface area contributed by atoms with E-state index in [4.69, 9.17) is 10.9 Å². The highest BCUT2D eigenvalue weighted by atomic mass is 16.5. The molecule has 0 atom stereocenters. The minimum absolute atomic E-state index is 0.560. The Balaban J connectivity index is 2.81. The third-order valence-electron chi connectivity index (χ3n) is 1.32. The summed E-state index contributed by atoms with van der Waals surface area (Å²) in [6.45, 7) is 0.560. The van der Waals surface area contributed by atoms with Gasteiger partial charge in [0.2, 0.25) is 11.9 Å². The standard InChI is InChI=1S/C7H11N2O/c8-5-4-7-3-1-2-6-9(7)10/h1-3,6,10H,4-5,8H2/q+1. The summed E-state index contributed by atoms with van der Waals surface area (Å²) in [6, 6.07) is 5.48. The average molecular weight is 139 g/mol. The lowest BCUT2D eigenvalue weighted by atomic mass is 10.3. The van der Waals surface area contributed by atoms with Gasteiger partial charge in [-0.15, -0.1) is 0 Å². The summed E-state index contributed by atoms with van der Waals surface area (Å²) in [4.78, 5) is 0. The smallest absolute Gasteiger partial charge is 0.235 e. The van der Waals surface area contributed by atoms with Crippen molar-refractivity contribution in [2.75, 3.05) is 6.54 Å². The molecule has 0 aliphatic carbocycles. The van der Waals surface area contributed by atoms with Crippen molar-refractivity contribution in [1.29, 1.82) is 0 Å². The highest BCUT2D eigenvalue weighted by Crippen LogP contribution is 1.88. The number of rotatable bonds is 2. The van der Waals surface area contributed by atoms with Crippen LogP contribution in [0.4, 0.5) is 0 Å². The van der Waals surface area contributed by atoms with Gasteiger partial charge in [0.05, 0.1) is 0 Å². The summed E-state index contributed by atoms with van der Waals surface area (Å²) in [5.74, 6) is 0. The van der Waals surface area contributed by atoms with Crippen molar-refractivity contribution in [3.05, 3.63) is 30.1 Å². The monoisotopic (exact) mass is 139 g/mol. The van der Waals surface area contributed by atoms with E-state index in [1.54, 1.807) is 12.3 Å². The third-order valence-corrected chi connectivity index (χ3v) is 1.32. The van der Waals surface area contributed by atoms with Gasteiger partial charge in [0.15, 0.2) is 0 Å². The first-order valence-electron chi connectivity index (χ1n) is 3.23. The molecule has 0 aliphatic heterocycles. The van der Waals surface area contributed by atoms with Crippen molar-refractivity contribution >= 4 is 0 Å². The second kappa shape index (κ2) is 3.17. The van der Waals surface area contributed by atoms with E-state index < -0.39 is 0 Å². The summed E-state index contributed by atoms with van der Waals surface area (Å²) in [7, 11) is 0. The molecule has 0 aliphatic rings. The minimum atomic E-state index is 0.560. The molecule has 0 spiro atoms. The Morgan fingerprint density at radius 1 is 1.50 bits per heavy atom. The van der Waals surface area contributed by atoms with Crippen molar-refractivity contribution in [3.63, 3.8) is 0 Å². The maximum Gasteiger partial charge on any atom is 0.235 e. The molecule has 1 aromatic rings. The Labute approximate surface area is 59.7 Å². The predicted octanol–water partition coefficient (Wildman–Crippen LogP) is -0.287. The van der Waals surface area contributed by atoms with Crippen LogP contribution in [0, 0.1) is 0 Å². The average Bonchev–Trinajstić information content (AvgIpc) is 1.94. The van der Waals surface area contributed by atoms with E-state index in [0.29, 0.717) is 13.0 Å². The van der Waals surface area contributed by atoms with E-state index in [-0.39, 0.29) is 0 Å². The van der Waals surface area contributed by atoms with Crippen LogP contribution in [-0.2, 0) is 6.42 Å². The largest absolute Gasteiger partial charge is 0.330 e. The highest BCUT2D eigenvalue weighted by molar-refractivity contribution is 4.96. The first kappa shape index (κ1) is 7.02. The Morgan fingerprint density at radius 3 is 2.90 bits per heavy atom. The minimum Gasteiger partial charge on any atom is -0.330 e. The number of aromatic nitrogens is 1. The van der Waals surface area contributed by atoms with Gasteiger partial charge in [-0.2, -0.15) is 0 Å². The predicted molar refractivity (Wildman–Crippen MR) is 36.6 cm³/mol. The van der Waals surface area contributed by atoms with Gasteiger partial charge in [0.25, 0.3) is 0 Å². The number of hydrogen-bond acceptors (Lipinski definition) is 2. The third kappa shape index (κ3) is 1.45. The van der Waals surface area contributed by atoms with Crippen LogP contribution < -0.4 is 10.5 Å². The first-order valence-corrected chi connectivity index (χ1v) is 3.23. The van der Waals surface area contributed by atoms with Gasteiger partial charge in [-0.3, -0.25) is 5.21 Å². The van der Waals surface area contributed by atoms with Gasteiger partial charge in [-0.25, -0.2) is 0 Å². The zero-order valence-electron chi connectivity index (χ0n) is 5.70. The van der Waals surface area contributed by atoms with Crippen molar-refractivity contribution in [3.8, 4) is 0 Å². The lowest BCUT2D eigenvalue weighted by molar-refractivity contribution is -0.909. The molecule has 54 valence electrons. The van der Waals surface area contributed by atoms with Crippen molar-refractivity contribution < 1.29 is 9.94 Å². The zero-order chi connectivity index (χ0) is 7.40. The Hall–Kier alpha value is -1.09. The molecule has 0 saturated carbocycles. The van der Waals surface area contributed by atoms with Gasteiger partial charge in [-0.05, 0) is 6.07 Å². The Bertz CT molecular complexity index is 213. The topological polar surface area (TPSA) is 50.1 Å².